The fourth-order valence-corrected chi connectivity index (χ4v) is 2.42. The summed E-state index contributed by atoms with van der Waals surface area (Å²) in [4.78, 5) is 76.6. The molecule has 0 aromatic heterocycles. The van der Waals surface area contributed by atoms with Gasteiger partial charge in [-0.25, -0.2) is 14.4 Å². The van der Waals surface area contributed by atoms with Crippen LogP contribution in [0.2, 0.25) is 0 Å². The van der Waals surface area contributed by atoms with E-state index in [9.17, 15) is 28.8 Å². The van der Waals surface area contributed by atoms with E-state index in [0.29, 0.717) is 5.06 Å². The van der Waals surface area contributed by atoms with Gasteiger partial charge < -0.3 is 24.4 Å². The van der Waals surface area contributed by atoms with Crippen molar-refractivity contribution in [1.29, 1.82) is 0 Å². The minimum atomic E-state index is -1.51. The van der Waals surface area contributed by atoms with Crippen LogP contribution in [0.1, 0.15) is 67.2 Å². The Morgan fingerprint density at radius 2 is 1.58 bits per heavy atom. The monoisotopic (exact) mass is 472 g/mol. The number of ether oxygens (including phenoxy) is 3. The second-order valence-corrected chi connectivity index (χ2v) is 8.89. The number of hydrogen-bond acceptors (Lipinski definition) is 10. The fourth-order valence-electron chi connectivity index (χ4n) is 2.42. The standard InChI is InChI=1S/C21H32N2O10/c1-12(2)11-30-17(26)10-7-14(22-20(29)32-21(4,5)6)19(28)31-13(3)18(27)33-23-15(24)8-9-16(23)25/h12-14H,7-11H2,1-6H3,(H,22,29)/t13-,14-/m0/s1. The quantitative estimate of drug-likeness (QED) is 0.280. The molecular formula is C21H32N2O10. The molecule has 12 heteroatoms. The summed E-state index contributed by atoms with van der Waals surface area (Å²) in [6, 6.07) is -1.34. The Morgan fingerprint density at radius 3 is 2.09 bits per heavy atom. The summed E-state index contributed by atoms with van der Waals surface area (Å²) in [5.41, 5.74) is -0.847. The minimum Gasteiger partial charge on any atom is -0.465 e. The highest BCUT2D eigenvalue weighted by Gasteiger charge is 2.36. The second-order valence-electron chi connectivity index (χ2n) is 8.89. The zero-order valence-corrected chi connectivity index (χ0v) is 19.8. The van der Waals surface area contributed by atoms with Crippen molar-refractivity contribution in [2.75, 3.05) is 6.61 Å². The van der Waals surface area contributed by atoms with E-state index in [4.69, 9.17) is 19.0 Å². The molecule has 1 N–H and O–H groups in total. The van der Waals surface area contributed by atoms with E-state index < -0.39 is 53.6 Å². The van der Waals surface area contributed by atoms with Crippen molar-refractivity contribution in [3.05, 3.63) is 0 Å². The number of imide groups is 1. The molecular weight excluding hydrogens is 440 g/mol. The van der Waals surface area contributed by atoms with Gasteiger partial charge in [-0.15, -0.1) is 5.06 Å². The topological polar surface area (TPSA) is 155 Å². The Kier molecular flexibility index (Phi) is 10.3. The summed E-state index contributed by atoms with van der Waals surface area (Å²) < 4.78 is 15.2. The van der Waals surface area contributed by atoms with Crippen LogP contribution in [0.5, 0.6) is 0 Å². The van der Waals surface area contributed by atoms with E-state index in [1.165, 1.54) is 6.92 Å². The van der Waals surface area contributed by atoms with Crippen LogP contribution in [0.15, 0.2) is 0 Å². The van der Waals surface area contributed by atoms with Crippen LogP contribution in [-0.2, 0) is 43.0 Å². The molecule has 0 aromatic rings. The van der Waals surface area contributed by atoms with E-state index in [2.05, 4.69) is 5.32 Å². The molecule has 0 aromatic carbocycles. The molecule has 1 rings (SSSR count). The number of esters is 2. The van der Waals surface area contributed by atoms with Gasteiger partial charge in [0.1, 0.15) is 11.6 Å². The number of rotatable bonds is 10. The highest BCUT2D eigenvalue weighted by molar-refractivity contribution is 6.01. The molecule has 12 nitrogen and oxygen atoms in total. The summed E-state index contributed by atoms with van der Waals surface area (Å²) in [6.07, 6.45) is -3.00. The van der Waals surface area contributed by atoms with Crippen LogP contribution < -0.4 is 5.32 Å². The summed E-state index contributed by atoms with van der Waals surface area (Å²) in [6.45, 7) is 9.98. The van der Waals surface area contributed by atoms with Crippen LogP contribution in [0.25, 0.3) is 0 Å². The zero-order chi connectivity index (χ0) is 25.3. The number of carbonyl (C=O) groups excluding carboxylic acids is 6. The summed E-state index contributed by atoms with van der Waals surface area (Å²) in [5, 5.41) is 2.64. The molecule has 0 spiro atoms. The van der Waals surface area contributed by atoms with Crippen molar-refractivity contribution < 1.29 is 47.8 Å². The largest absolute Gasteiger partial charge is 0.465 e. The maximum absolute atomic E-state index is 12.6. The first kappa shape index (κ1) is 27.9. The lowest BCUT2D eigenvalue weighted by molar-refractivity contribution is -0.205. The first-order chi connectivity index (χ1) is 15.2. The normalized spacial score (nSPS) is 15.7. The predicted octanol–water partition coefficient (Wildman–Crippen LogP) is 1.40. The second kappa shape index (κ2) is 12.2. The molecule has 0 saturated carbocycles. The molecule has 3 amide bonds. The van der Waals surface area contributed by atoms with Crippen molar-refractivity contribution in [1.82, 2.24) is 10.4 Å². The number of hydroxylamine groups is 2. The Bertz CT molecular complexity index is 755. The van der Waals surface area contributed by atoms with E-state index in [0.717, 1.165) is 0 Å². The van der Waals surface area contributed by atoms with Gasteiger partial charge in [0, 0.05) is 19.3 Å². The van der Waals surface area contributed by atoms with Gasteiger partial charge in [-0.3, -0.25) is 14.4 Å². The molecule has 0 radical (unpaired) electrons. The Hall–Kier alpha value is -3.18. The van der Waals surface area contributed by atoms with E-state index in [-0.39, 0.29) is 38.2 Å². The number of carbonyl (C=O) groups is 6. The van der Waals surface area contributed by atoms with Crippen LogP contribution >= 0.6 is 0 Å². The Balaban J connectivity index is 2.76. The van der Waals surface area contributed by atoms with Gasteiger partial charge in [-0.05, 0) is 40.0 Å². The third-order valence-electron chi connectivity index (χ3n) is 4.00. The van der Waals surface area contributed by atoms with Gasteiger partial charge in [0.05, 0.1) is 6.61 Å². The fraction of sp³-hybridized carbons (Fsp3) is 0.714. The van der Waals surface area contributed by atoms with E-state index in [1.54, 1.807) is 20.8 Å². The lowest BCUT2D eigenvalue weighted by Gasteiger charge is -2.24. The third kappa shape index (κ3) is 10.3. The Morgan fingerprint density at radius 1 is 1.00 bits per heavy atom. The smallest absolute Gasteiger partial charge is 0.408 e. The minimum absolute atomic E-state index is 0.0882. The number of amides is 3. The number of alkyl carbamates (subject to hydrolysis) is 1. The van der Waals surface area contributed by atoms with Gasteiger partial charge in [0.15, 0.2) is 6.10 Å². The molecule has 0 bridgehead atoms. The van der Waals surface area contributed by atoms with Crippen LogP contribution in [0, 0.1) is 5.92 Å². The summed E-state index contributed by atoms with van der Waals surface area (Å²) in [5.74, 6) is -4.02. The zero-order valence-electron chi connectivity index (χ0n) is 19.8. The lowest BCUT2D eigenvalue weighted by Crippen LogP contribution is -2.46. The molecule has 1 aliphatic rings. The van der Waals surface area contributed by atoms with Gasteiger partial charge in [-0.2, -0.15) is 0 Å². The number of hydrogen-bond donors (Lipinski definition) is 1. The molecule has 0 aliphatic carbocycles. The van der Waals surface area contributed by atoms with Crippen molar-refractivity contribution in [3.63, 3.8) is 0 Å². The summed E-state index contributed by atoms with van der Waals surface area (Å²) in [7, 11) is 0. The molecule has 0 unspecified atom stereocenters. The molecule has 2 atom stereocenters. The van der Waals surface area contributed by atoms with Gasteiger partial charge >= 0.3 is 24.0 Å². The Labute approximate surface area is 192 Å². The van der Waals surface area contributed by atoms with Crippen LogP contribution in [0.3, 0.4) is 0 Å². The number of nitrogens with zero attached hydrogens (tertiary/aromatic N) is 1. The SMILES string of the molecule is CC(C)COC(=O)CC[C@H](NC(=O)OC(C)(C)C)C(=O)O[C@@H](C)C(=O)ON1C(=O)CCC1=O. The van der Waals surface area contributed by atoms with Gasteiger partial charge in [0.25, 0.3) is 11.8 Å². The molecule has 186 valence electrons. The van der Waals surface area contributed by atoms with E-state index in [1.807, 2.05) is 13.8 Å². The molecule has 1 saturated heterocycles. The molecule has 33 heavy (non-hydrogen) atoms. The van der Waals surface area contributed by atoms with E-state index >= 15 is 0 Å². The van der Waals surface area contributed by atoms with Crippen molar-refractivity contribution in [3.8, 4) is 0 Å². The van der Waals surface area contributed by atoms with Crippen molar-refractivity contribution >= 4 is 35.8 Å². The van der Waals surface area contributed by atoms with Gasteiger partial charge in [0.2, 0.25) is 0 Å². The number of nitrogens with one attached hydrogen (secondary N) is 1. The van der Waals surface area contributed by atoms with Crippen LogP contribution in [0.4, 0.5) is 4.79 Å². The molecule has 1 heterocycles. The first-order valence-corrected chi connectivity index (χ1v) is 10.6. The maximum Gasteiger partial charge on any atom is 0.408 e. The summed E-state index contributed by atoms with van der Waals surface area (Å²) >= 11 is 0. The lowest BCUT2D eigenvalue weighted by atomic mass is 10.1. The van der Waals surface area contributed by atoms with Gasteiger partial charge in [-0.1, -0.05) is 13.8 Å². The maximum atomic E-state index is 12.6. The average Bonchev–Trinajstić information content (AvgIpc) is 2.99. The van der Waals surface area contributed by atoms with Crippen molar-refractivity contribution in [2.24, 2.45) is 5.92 Å². The molecule has 1 aliphatic heterocycles. The highest BCUT2D eigenvalue weighted by atomic mass is 16.7. The highest BCUT2D eigenvalue weighted by Crippen LogP contribution is 2.14. The van der Waals surface area contributed by atoms with Crippen LogP contribution in [-0.4, -0.2) is 65.2 Å². The van der Waals surface area contributed by atoms with Crippen molar-refractivity contribution in [2.45, 2.75) is 85.0 Å². The predicted molar refractivity (Wildman–Crippen MR) is 111 cm³/mol. The third-order valence-corrected chi connectivity index (χ3v) is 4.00. The first-order valence-electron chi connectivity index (χ1n) is 10.6. The molecule has 1 fully saturated rings. The average molecular weight is 472 g/mol.